The topological polar surface area (TPSA) is 94.1 Å². The van der Waals surface area contributed by atoms with Gasteiger partial charge in [-0.1, -0.05) is 0 Å². The Morgan fingerprint density at radius 3 is 2.44 bits per heavy atom. The predicted octanol–water partition coefficient (Wildman–Crippen LogP) is 3.58. The van der Waals surface area contributed by atoms with Crippen molar-refractivity contribution in [3.05, 3.63) is 53.1 Å². The zero-order valence-corrected chi connectivity index (χ0v) is 15.7. The van der Waals surface area contributed by atoms with E-state index in [0.717, 1.165) is 0 Å². The molecule has 0 spiro atoms. The van der Waals surface area contributed by atoms with Crippen molar-refractivity contribution in [1.82, 2.24) is 0 Å². The Morgan fingerprint density at radius 2 is 1.85 bits per heavy atom. The normalized spacial score (nSPS) is 10.6. The number of ether oxygens (including phenoxy) is 3. The Morgan fingerprint density at radius 1 is 1.11 bits per heavy atom. The largest absolute Gasteiger partial charge is 0.497 e. The summed E-state index contributed by atoms with van der Waals surface area (Å²) in [7, 11) is 3.04. The van der Waals surface area contributed by atoms with Gasteiger partial charge in [0.15, 0.2) is 0 Å². The maximum Gasteiger partial charge on any atom is 0.335 e. The first-order valence-corrected chi connectivity index (χ1v) is 8.36. The summed E-state index contributed by atoms with van der Waals surface area (Å²) < 4.78 is 16.0. The van der Waals surface area contributed by atoms with Crippen molar-refractivity contribution in [2.75, 3.05) is 19.5 Å². The molecule has 0 aliphatic heterocycles. The molecule has 0 saturated heterocycles. The van der Waals surface area contributed by atoms with Gasteiger partial charge in [0.25, 0.3) is 5.91 Å². The molecule has 0 saturated carbocycles. The summed E-state index contributed by atoms with van der Waals surface area (Å²) in [6.45, 7) is 3.94. The first-order valence-electron chi connectivity index (χ1n) is 8.36. The lowest BCUT2D eigenvalue weighted by molar-refractivity contribution is 0.0696. The number of carboxylic acid groups (broad SMARTS) is 1. The van der Waals surface area contributed by atoms with Crippen LogP contribution in [0.5, 0.6) is 11.5 Å². The lowest BCUT2D eigenvalue weighted by atomic mass is 10.1. The van der Waals surface area contributed by atoms with Crippen LogP contribution in [0.1, 0.15) is 40.1 Å². The Bertz CT molecular complexity index is 831. The first-order chi connectivity index (χ1) is 12.8. The summed E-state index contributed by atoms with van der Waals surface area (Å²) in [5.74, 6) is -0.554. The van der Waals surface area contributed by atoms with Gasteiger partial charge in [-0.05, 0) is 49.7 Å². The van der Waals surface area contributed by atoms with Crippen LogP contribution in [0.3, 0.4) is 0 Å². The van der Waals surface area contributed by atoms with Gasteiger partial charge in [0.2, 0.25) is 0 Å². The maximum absolute atomic E-state index is 12.8. The number of anilines is 1. The molecule has 0 aliphatic rings. The third kappa shape index (κ3) is 5.46. The molecule has 2 N–H and O–H groups in total. The molecule has 0 aliphatic carbocycles. The number of rotatable bonds is 8. The van der Waals surface area contributed by atoms with Gasteiger partial charge in [-0.2, -0.15) is 0 Å². The summed E-state index contributed by atoms with van der Waals surface area (Å²) in [6, 6.07) is 9.46. The molecule has 0 fully saturated rings. The van der Waals surface area contributed by atoms with E-state index >= 15 is 0 Å². The monoisotopic (exact) mass is 373 g/mol. The van der Waals surface area contributed by atoms with Crippen LogP contribution >= 0.6 is 0 Å². The highest BCUT2D eigenvalue weighted by Crippen LogP contribution is 2.27. The Balaban J connectivity index is 2.35. The second kappa shape index (κ2) is 9.05. The highest BCUT2D eigenvalue weighted by Gasteiger charge is 2.16. The number of amides is 1. The van der Waals surface area contributed by atoms with E-state index in [4.69, 9.17) is 14.2 Å². The molecule has 2 aromatic rings. The van der Waals surface area contributed by atoms with Gasteiger partial charge in [0, 0.05) is 18.9 Å². The number of benzene rings is 2. The predicted molar refractivity (Wildman–Crippen MR) is 101 cm³/mol. The average Bonchev–Trinajstić information content (AvgIpc) is 2.61. The van der Waals surface area contributed by atoms with Gasteiger partial charge in [-0.3, -0.25) is 4.79 Å². The molecule has 7 nitrogen and oxygen atoms in total. The molecular formula is C20H23NO6. The number of hydrogen-bond acceptors (Lipinski definition) is 5. The molecule has 7 heteroatoms. The molecule has 0 aromatic heterocycles. The lowest BCUT2D eigenvalue weighted by Crippen LogP contribution is -2.16. The van der Waals surface area contributed by atoms with Crippen molar-refractivity contribution in [1.29, 1.82) is 0 Å². The van der Waals surface area contributed by atoms with E-state index in [1.54, 1.807) is 24.3 Å². The number of methoxy groups -OCH3 is 2. The molecule has 0 bridgehead atoms. The van der Waals surface area contributed by atoms with Crippen molar-refractivity contribution < 1.29 is 28.9 Å². The van der Waals surface area contributed by atoms with Crippen molar-refractivity contribution in [2.24, 2.45) is 0 Å². The Labute approximate surface area is 157 Å². The van der Waals surface area contributed by atoms with E-state index in [2.05, 4.69) is 5.32 Å². The van der Waals surface area contributed by atoms with Crippen LogP contribution in [0, 0.1) is 0 Å². The number of nitrogens with one attached hydrogen (secondary N) is 1. The minimum Gasteiger partial charge on any atom is -0.497 e. The van der Waals surface area contributed by atoms with Crippen LogP contribution in [-0.4, -0.2) is 37.3 Å². The summed E-state index contributed by atoms with van der Waals surface area (Å²) in [4.78, 5) is 24.1. The minimum atomic E-state index is -1.09. The summed E-state index contributed by atoms with van der Waals surface area (Å²) in [6.07, 6.45) is -0.132. The zero-order valence-electron chi connectivity index (χ0n) is 15.7. The summed E-state index contributed by atoms with van der Waals surface area (Å²) in [5.41, 5.74) is 1.38. The van der Waals surface area contributed by atoms with Crippen LogP contribution in [0.25, 0.3) is 0 Å². The molecule has 0 atom stereocenters. The Hall–Kier alpha value is -3.06. The molecule has 27 heavy (non-hydrogen) atoms. The molecule has 2 aromatic carbocycles. The molecule has 1 amide bonds. The fourth-order valence-electron chi connectivity index (χ4n) is 2.50. The zero-order chi connectivity index (χ0) is 20.0. The van der Waals surface area contributed by atoms with E-state index in [-0.39, 0.29) is 18.3 Å². The van der Waals surface area contributed by atoms with Gasteiger partial charge in [-0.15, -0.1) is 0 Å². The van der Waals surface area contributed by atoms with E-state index in [9.17, 15) is 14.7 Å². The summed E-state index contributed by atoms with van der Waals surface area (Å²) in [5, 5.41) is 12.0. The molecule has 2 rings (SSSR count). The second-order valence-electron chi connectivity index (χ2n) is 6.14. The highest BCUT2D eigenvalue weighted by atomic mass is 16.5. The number of carboxylic acids is 1. The van der Waals surface area contributed by atoms with Gasteiger partial charge in [0.1, 0.15) is 11.5 Å². The van der Waals surface area contributed by atoms with Crippen molar-refractivity contribution in [2.45, 2.75) is 26.6 Å². The third-order valence-corrected chi connectivity index (χ3v) is 3.60. The smallest absolute Gasteiger partial charge is 0.335 e. The Kier molecular flexibility index (Phi) is 6.79. The van der Waals surface area contributed by atoms with E-state index in [1.807, 2.05) is 13.8 Å². The maximum atomic E-state index is 12.8. The van der Waals surface area contributed by atoms with Gasteiger partial charge in [-0.25, -0.2) is 4.79 Å². The van der Waals surface area contributed by atoms with Crippen LogP contribution in [-0.2, 0) is 11.3 Å². The highest BCUT2D eigenvalue weighted by molar-refractivity contribution is 6.06. The van der Waals surface area contributed by atoms with E-state index in [1.165, 1.54) is 26.4 Å². The molecule has 0 radical (unpaired) electrons. The van der Waals surface area contributed by atoms with Crippen molar-refractivity contribution in [3.63, 3.8) is 0 Å². The van der Waals surface area contributed by atoms with E-state index in [0.29, 0.717) is 28.3 Å². The second-order valence-corrected chi connectivity index (χ2v) is 6.14. The molecular weight excluding hydrogens is 350 g/mol. The van der Waals surface area contributed by atoms with E-state index < -0.39 is 11.9 Å². The van der Waals surface area contributed by atoms with Crippen molar-refractivity contribution >= 4 is 17.6 Å². The number of hydrogen-bond donors (Lipinski definition) is 2. The number of carbonyl (C=O) groups is 2. The van der Waals surface area contributed by atoms with Crippen LogP contribution in [0.4, 0.5) is 5.69 Å². The number of aromatic carboxylic acids is 1. The number of carbonyl (C=O) groups excluding carboxylic acids is 1. The lowest BCUT2D eigenvalue weighted by Gasteiger charge is -2.16. The average molecular weight is 373 g/mol. The van der Waals surface area contributed by atoms with Gasteiger partial charge >= 0.3 is 5.97 Å². The SMILES string of the molecule is COCc1cc(NC(=O)c2ccc(OC)cc2OC(C)C)cc(C(=O)O)c1. The molecule has 0 unspecified atom stereocenters. The quantitative estimate of drug-likeness (QED) is 0.734. The molecule has 144 valence electrons. The fourth-order valence-corrected chi connectivity index (χ4v) is 2.50. The van der Waals surface area contributed by atoms with Crippen LogP contribution in [0.15, 0.2) is 36.4 Å². The standard InChI is InChI=1S/C20H23NO6/c1-12(2)27-18-10-16(26-4)5-6-17(18)19(22)21-15-8-13(11-25-3)7-14(9-15)20(23)24/h5-10,12H,11H2,1-4H3,(H,21,22)(H,23,24). The third-order valence-electron chi connectivity index (χ3n) is 3.60. The first kappa shape index (κ1) is 20.3. The molecule has 0 heterocycles. The van der Waals surface area contributed by atoms with Gasteiger partial charge < -0.3 is 24.6 Å². The minimum absolute atomic E-state index is 0.0632. The summed E-state index contributed by atoms with van der Waals surface area (Å²) >= 11 is 0. The fraction of sp³-hybridized carbons (Fsp3) is 0.300. The van der Waals surface area contributed by atoms with Crippen LogP contribution in [0.2, 0.25) is 0 Å². The van der Waals surface area contributed by atoms with Gasteiger partial charge in [0.05, 0.1) is 30.9 Å². The van der Waals surface area contributed by atoms with Crippen molar-refractivity contribution in [3.8, 4) is 11.5 Å². The van der Waals surface area contributed by atoms with Crippen LogP contribution < -0.4 is 14.8 Å².